The average molecular weight is 299 g/mol. The highest BCUT2D eigenvalue weighted by Gasteiger charge is 2.08. The molecule has 0 amide bonds. The Kier molecular flexibility index (Phi) is 4.30. The molecule has 0 spiro atoms. The third kappa shape index (κ3) is 2.80. The van der Waals surface area contributed by atoms with E-state index in [-0.39, 0.29) is 0 Å². The molecule has 0 radical (unpaired) electrons. The largest absolute Gasteiger partial charge is 0.493 e. The van der Waals surface area contributed by atoms with Crippen LogP contribution in [0.2, 0.25) is 0 Å². The normalized spacial score (nSPS) is 10.3. The molecule has 0 aliphatic heterocycles. The second-order valence-electron chi connectivity index (χ2n) is 3.13. The Bertz CT molecular complexity index is 433. The number of para-hydroxylation sites is 1. The summed E-state index contributed by atoms with van der Waals surface area (Å²) in [7, 11) is 0. The van der Waals surface area contributed by atoms with Gasteiger partial charge in [-0.1, -0.05) is 39.4 Å². The fourth-order valence-electron chi connectivity index (χ4n) is 1.30. The molecule has 84 valence electrons. The van der Waals surface area contributed by atoms with Crippen molar-refractivity contribution in [3.05, 3.63) is 29.8 Å². The van der Waals surface area contributed by atoms with E-state index in [4.69, 9.17) is 4.74 Å². The molecule has 0 N–H and O–H groups in total. The van der Waals surface area contributed by atoms with Gasteiger partial charge in [-0.3, -0.25) is 0 Å². The van der Waals surface area contributed by atoms with Crippen LogP contribution < -0.4 is 4.74 Å². The molecule has 1 aromatic heterocycles. The summed E-state index contributed by atoms with van der Waals surface area (Å²) in [4.78, 5) is 0. The zero-order chi connectivity index (χ0) is 11.2. The Hall–Kier alpha value is -0.940. The van der Waals surface area contributed by atoms with E-state index in [1.54, 1.807) is 5.51 Å². The van der Waals surface area contributed by atoms with Crippen LogP contribution in [0.4, 0.5) is 0 Å². The number of alkyl halides is 1. The van der Waals surface area contributed by atoms with E-state index in [9.17, 15) is 0 Å². The van der Waals surface area contributed by atoms with Crippen LogP contribution in [0.15, 0.2) is 29.8 Å². The number of aromatic nitrogens is 2. The maximum Gasteiger partial charge on any atom is 0.151 e. The van der Waals surface area contributed by atoms with Crippen LogP contribution in [0.3, 0.4) is 0 Å². The van der Waals surface area contributed by atoms with Crippen LogP contribution in [0, 0.1) is 0 Å². The minimum absolute atomic E-state index is 0.709. The fourth-order valence-corrected chi connectivity index (χ4v) is 2.11. The quantitative estimate of drug-likeness (QED) is 0.627. The monoisotopic (exact) mass is 298 g/mol. The Balaban J connectivity index is 2.18. The molecule has 0 saturated heterocycles. The molecule has 1 aromatic carbocycles. The maximum absolute atomic E-state index is 5.71. The first kappa shape index (κ1) is 11.5. The molecule has 16 heavy (non-hydrogen) atoms. The van der Waals surface area contributed by atoms with Crippen molar-refractivity contribution in [1.82, 2.24) is 10.2 Å². The van der Waals surface area contributed by atoms with Crippen LogP contribution in [0.5, 0.6) is 5.75 Å². The lowest BCUT2D eigenvalue weighted by Gasteiger charge is -2.08. The van der Waals surface area contributed by atoms with Crippen LogP contribution in [-0.4, -0.2) is 22.1 Å². The van der Waals surface area contributed by atoms with E-state index in [0.717, 1.165) is 28.1 Å². The summed E-state index contributed by atoms with van der Waals surface area (Å²) in [6, 6.07) is 7.91. The van der Waals surface area contributed by atoms with Crippen molar-refractivity contribution in [3.8, 4) is 16.3 Å². The van der Waals surface area contributed by atoms with Crippen molar-refractivity contribution in [2.24, 2.45) is 0 Å². The first-order chi connectivity index (χ1) is 7.92. The van der Waals surface area contributed by atoms with E-state index >= 15 is 0 Å². The maximum atomic E-state index is 5.71. The van der Waals surface area contributed by atoms with Crippen LogP contribution in [0.25, 0.3) is 10.6 Å². The van der Waals surface area contributed by atoms with Gasteiger partial charge < -0.3 is 4.74 Å². The van der Waals surface area contributed by atoms with E-state index in [1.165, 1.54) is 11.3 Å². The molecule has 1 heterocycles. The van der Waals surface area contributed by atoms with Crippen LogP contribution >= 0.6 is 27.3 Å². The Morgan fingerprint density at radius 3 is 2.94 bits per heavy atom. The van der Waals surface area contributed by atoms with E-state index in [0.29, 0.717) is 6.61 Å². The predicted molar refractivity (Wildman–Crippen MR) is 69.3 cm³/mol. The molecule has 0 atom stereocenters. The summed E-state index contributed by atoms with van der Waals surface area (Å²) in [5, 5.41) is 9.75. The van der Waals surface area contributed by atoms with Gasteiger partial charge in [-0.05, 0) is 18.6 Å². The molecule has 0 aliphatic carbocycles. The summed E-state index contributed by atoms with van der Waals surface area (Å²) in [6.07, 6.45) is 0.991. The third-order valence-corrected chi connectivity index (χ3v) is 3.30. The lowest BCUT2D eigenvalue weighted by Crippen LogP contribution is -1.98. The smallest absolute Gasteiger partial charge is 0.151 e. The number of hydrogen-bond donors (Lipinski definition) is 0. The van der Waals surface area contributed by atoms with Crippen molar-refractivity contribution in [1.29, 1.82) is 0 Å². The van der Waals surface area contributed by atoms with Gasteiger partial charge in [0.25, 0.3) is 0 Å². The number of nitrogens with zero attached hydrogens (tertiary/aromatic N) is 2. The summed E-state index contributed by atoms with van der Waals surface area (Å²) in [5.74, 6) is 0.875. The molecule has 0 saturated carbocycles. The van der Waals surface area contributed by atoms with E-state index < -0.39 is 0 Å². The minimum Gasteiger partial charge on any atom is -0.493 e. The van der Waals surface area contributed by atoms with Gasteiger partial charge in [0.2, 0.25) is 0 Å². The number of benzene rings is 1. The molecule has 2 rings (SSSR count). The van der Waals surface area contributed by atoms with Gasteiger partial charge in [0.05, 0.1) is 12.2 Å². The molecule has 5 heteroatoms. The van der Waals surface area contributed by atoms with Gasteiger partial charge >= 0.3 is 0 Å². The lowest BCUT2D eigenvalue weighted by molar-refractivity contribution is 0.320. The summed E-state index contributed by atoms with van der Waals surface area (Å²) in [5.41, 5.74) is 2.74. The van der Waals surface area contributed by atoms with Crippen molar-refractivity contribution in [2.45, 2.75) is 6.42 Å². The SMILES string of the molecule is BrCCCOc1ccccc1-c1nncs1. The average Bonchev–Trinajstić information content (AvgIpc) is 2.83. The number of ether oxygens (including phenoxy) is 1. The number of rotatable bonds is 5. The zero-order valence-corrected chi connectivity index (χ0v) is 11.0. The topological polar surface area (TPSA) is 35.0 Å². The first-order valence-corrected chi connectivity index (χ1v) is 6.96. The summed E-state index contributed by atoms with van der Waals surface area (Å²) < 4.78 is 5.71. The standard InChI is InChI=1S/C11H11BrN2OS/c12-6-3-7-15-10-5-2-1-4-9(10)11-14-13-8-16-11/h1-2,4-5,8H,3,6-7H2. The Morgan fingerprint density at radius 1 is 1.31 bits per heavy atom. The van der Waals surface area contributed by atoms with Crippen LogP contribution in [0.1, 0.15) is 6.42 Å². The molecule has 0 bridgehead atoms. The van der Waals surface area contributed by atoms with Gasteiger partial charge in [-0.15, -0.1) is 10.2 Å². The van der Waals surface area contributed by atoms with Crippen LogP contribution in [-0.2, 0) is 0 Å². The lowest BCUT2D eigenvalue weighted by atomic mass is 10.2. The Labute approximate surface area is 107 Å². The van der Waals surface area contributed by atoms with Crippen molar-refractivity contribution < 1.29 is 4.74 Å². The zero-order valence-electron chi connectivity index (χ0n) is 8.60. The third-order valence-electron chi connectivity index (χ3n) is 2.01. The first-order valence-electron chi connectivity index (χ1n) is 4.96. The summed E-state index contributed by atoms with van der Waals surface area (Å²) >= 11 is 4.90. The van der Waals surface area contributed by atoms with E-state index in [1.807, 2.05) is 24.3 Å². The van der Waals surface area contributed by atoms with Gasteiger partial charge in [0.1, 0.15) is 11.3 Å². The number of hydrogen-bond acceptors (Lipinski definition) is 4. The van der Waals surface area contributed by atoms with Gasteiger partial charge in [0, 0.05) is 5.33 Å². The predicted octanol–water partition coefficient (Wildman–Crippen LogP) is 3.37. The molecule has 0 aliphatic rings. The van der Waals surface area contributed by atoms with Gasteiger partial charge in [-0.25, -0.2) is 0 Å². The van der Waals surface area contributed by atoms with E-state index in [2.05, 4.69) is 26.1 Å². The Morgan fingerprint density at radius 2 is 2.19 bits per heavy atom. The molecule has 3 nitrogen and oxygen atoms in total. The molecule has 0 unspecified atom stereocenters. The van der Waals surface area contributed by atoms with Crippen molar-refractivity contribution >= 4 is 27.3 Å². The minimum atomic E-state index is 0.709. The van der Waals surface area contributed by atoms with Gasteiger partial charge in [0.15, 0.2) is 5.01 Å². The van der Waals surface area contributed by atoms with Gasteiger partial charge in [-0.2, -0.15) is 0 Å². The molecular weight excluding hydrogens is 288 g/mol. The molecule has 0 fully saturated rings. The van der Waals surface area contributed by atoms with Crippen molar-refractivity contribution in [2.75, 3.05) is 11.9 Å². The highest BCUT2D eigenvalue weighted by molar-refractivity contribution is 9.09. The number of halogens is 1. The molecular formula is C11H11BrN2OS. The highest BCUT2D eigenvalue weighted by Crippen LogP contribution is 2.30. The second kappa shape index (κ2) is 5.96. The fraction of sp³-hybridized carbons (Fsp3) is 0.273. The molecule has 2 aromatic rings. The van der Waals surface area contributed by atoms with Crippen molar-refractivity contribution in [3.63, 3.8) is 0 Å². The summed E-state index contributed by atoms with van der Waals surface area (Å²) in [6.45, 7) is 0.709. The second-order valence-corrected chi connectivity index (χ2v) is 4.76. The highest BCUT2D eigenvalue weighted by atomic mass is 79.9.